The third-order valence-electron chi connectivity index (χ3n) is 4.44. The highest BCUT2D eigenvalue weighted by Gasteiger charge is 2.14. The first-order valence-corrected chi connectivity index (χ1v) is 8.56. The van der Waals surface area contributed by atoms with E-state index in [2.05, 4.69) is 15.3 Å². The number of carbonyl (C=O) groups excluding carboxylic acids is 1. The molecule has 5 heteroatoms. The fraction of sp³-hybridized carbons (Fsp3) is 0.0455. The zero-order chi connectivity index (χ0) is 18.8. The molecule has 0 aliphatic rings. The van der Waals surface area contributed by atoms with Gasteiger partial charge in [-0.2, -0.15) is 0 Å². The SMILES string of the molecule is Cc1ccc(NC(=O)c2cc(-c3cncc4ccccc34)c[nH]c2=O)cc1. The van der Waals surface area contributed by atoms with Gasteiger partial charge in [0.2, 0.25) is 0 Å². The molecular weight excluding hydrogens is 338 g/mol. The Labute approximate surface area is 155 Å². The van der Waals surface area contributed by atoms with Gasteiger partial charge in [-0.25, -0.2) is 0 Å². The average Bonchev–Trinajstić information content (AvgIpc) is 2.69. The molecule has 27 heavy (non-hydrogen) atoms. The van der Waals surface area contributed by atoms with Crippen LogP contribution in [0.5, 0.6) is 0 Å². The van der Waals surface area contributed by atoms with Crippen molar-refractivity contribution < 1.29 is 4.79 Å². The van der Waals surface area contributed by atoms with Gasteiger partial charge in [0.15, 0.2) is 0 Å². The van der Waals surface area contributed by atoms with Crippen molar-refractivity contribution in [3.63, 3.8) is 0 Å². The van der Waals surface area contributed by atoms with Gasteiger partial charge in [0.25, 0.3) is 11.5 Å². The number of aromatic nitrogens is 2. The maximum atomic E-state index is 12.6. The van der Waals surface area contributed by atoms with Gasteiger partial charge in [-0.05, 0) is 30.5 Å². The summed E-state index contributed by atoms with van der Waals surface area (Å²) >= 11 is 0. The number of rotatable bonds is 3. The Morgan fingerprint density at radius 2 is 1.81 bits per heavy atom. The van der Waals surface area contributed by atoms with E-state index >= 15 is 0 Å². The second-order valence-corrected chi connectivity index (χ2v) is 6.36. The number of anilines is 1. The van der Waals surface area contributed by atoms with Crippen LogP contribution in [0.1, 0.15) is 15.9 Å². The maximum absolute atomic E-state index is 12.6. The second kappa shape index (κ2) is 6.88. The van der Waals surface area contributed by atoms with Gasteiger partial charge in [0, 0.05) is 40.8 Å². The lowest BCUT2D eigenvalue weighted by Gasteiger charge is -2.09. The van der Waals surface area contributed by atoms with E-state index in [1.54, 1.807) is 36.8 Å². The van der Waals surface area contributed by atoms with Crippen molar-refractivity contribution in [2.24, 2.45) is 0 Å². The predicted molar refractivity (Wildman–Crippen MR) is 107 cm³/mol. The van der Waals surface area contributed by atoms with Crippen LogP contribution in [0.4, 0.5) is 5.69 Å². The Morgan fingerprint density at radius 3 is 2.63 bits per heavy atom. The molecular formula is C22H17N3O2. The largest absolute Gasteiger partial charge is 0.328 e. The molecule has 0 atom stereocenters. The number of nitrogens with zero attached hydrogens (tertiary/aromatic N) is 1. The van der Waals surface area contributed by atoms with E-state index < -0.39 is 11.5 Å². The molecule has 2 aromatic carbocycles. The summed E-state index contributed by atoms with van der Waals surface area (Å²) in [6.45, 7) is 1.97. The third kappa shape index (κ3) is 3.35. The van der Waals surface area contributed by atoms with Crippen LogP contribution in [0.3, 0.4) is 0 Å². The minimum atomic E-state index is -0.449. The molecule has 0 saturated carbocycles. The summed E-state index contributed by atoms with van der Waals surface area (Å²) < 4.78 is 0. The molecule has 0 spiro atoms. The van der Waals surface area contributed by atoms with Crippen molar-refractivity contribution in [3.8, 4) is 11.1 Å². The highest BCUT2D eigenvalue weighted by atomic mass is 16.2. The van der Waals surface area contributed by atoms with Crippen LogP contribution in [-0.4, -0.2) is 15.9 Å². The molecule has 5 nitrogen and oxygen atoms in total. The monoisotopic (exact) mass is 355 g/mol. The normalized spacial score (nSPS) is 10.7. The summed E-state index contributed by atoms with van der Waals surface area (Å²) in [6.07, 6.45) is 5.13. The first-order valence-electron chi connectivity index (χ1n) is 8.56. The molecule has 2 N–H and O–H groups in total. The molecule has 2 heterocycles. The molecule has 0 fully saturated rings. The number of hydrogen-bond donors (Lipinski definition) is 2. The molecule has 0 unspecified atom stereocenters. The van der Waals surface area contributed by atoms with Gasteiger partial charge >= 0.3 is 0 Å². The minimum absolute atomic E-state index is 0.0565. The van der Waals surface area contributed by atoms with Crippen LogP contribution in [-0.2, 0) is 0 Å². The fourth-order valence-corrected chi connectivity index (χ4v) is 2.99. The van der Waals surface area contributed by atoms with Crippen LogP contribution in [0, 0.1) is 6.92 Å². The Bertz CT molecular complexity index is 1190. The smallest absolute Gasteiger partial charge is 0.261 e. The van der Waals surface area contributed by atoms with E-state index in [0.717, 1.165) is 27.5 Å². The van der Waals surface area contributed by atoms with Gasteiger partial charge < -0.3 is 10.3 Å². The summed E-state index contributed by atoms with van der Waals surface area (Å²) in [7, 11) is 0. The van der Waals surface area contributed by atoms with E-state index in [0.29, 0.717) is 5.69 Å². The molecule has 0 bridgehead atoms. The van der Waals surface area contributed by atoms with E-state index in [1.807, 2.05) is 43.3 Å². The highest BCUT2D eigenvalue weighted by molar-refractivity contribution is 6.05. The zero-order valence-electron chi connectivity index (χ0n) is 14.7. The number of nitrogens with one attached hydrogen (secondary N) is 2. The Kier molecular flexibility index (Phi) is 4.26. The van der Waals surface area contributed by atoms with Gasteiger partial charge in [-0.3, -0.25) is 14.6 Å². The number of fused-ring (bicyclic) bond motifs is 1. The van der Waals surface area contributed by atoms with Crippen LogP contribution in [0.15, 0.2) is 78.0 Å². The van der Waals surface area contributed by atoms with Crippen molar-refractivity contribution >= 4 is 22.4 Å². The minimum Gasteiger partial charge on any atom is -0.328 e. The number of amides is 1. The van der Waals surface area contributed by atoms with E-state index in [-0.39, 0.29) is 5.56 Å². The van der Waals surface area contributed by atoms with E-state index in [1.165, 1.54) is 0 Å². The molecule has 0 saturated heterocycles. The maximum Gasteiger partial charge on any atom is 0.261 e. The molecule has 0 aliphatic heterocycles. The van der Waals surface area contributed by atoms with Crippen LogP contribution in [0.25, 0.3) is 21.9 Å². The van der Waals surface area contributed by atoms with Crippen LogP contribution < -0.4 is 10.9 Å². The van der Waals surface area contributed by atoms with Crippen molar-refractivity contribution in [1.29, 1.82) is 0 Å². The lowest BCUT2D eigenvalue weighted by atomic mass is 10.0. The number of H-pyrrole nitrogens is 1. The molecule has 0 aliphatic carbocycles. The lowest BCUT2D eigenvalue weighted by Crippen LogP contribution is -2.23. The van der Waals surface area contributed by atoms with Crippen molar-refractivity contribution in [2.45, 2.75) is 6.92 Å². The highest BCUT2D eigenvalue weighted by Crippen LogP contribution is 2.27. The number of aryl methyl sites for hydroxylation is 1. The van der Waals surface area contributed by atoms with Crippen LogP contribution in [0.2, 0.25) is 0 Å². The number of carbonyl (C=O) groups is 1. The average molecular weight is 355 g/mol. The van der Waals surface area contributed by atoms with Gasteiger partial charge in [0.05, 0.1) is 0 Å². The van der Waals surface area contributed by atoms with Crippen molar-refractivity contribution in [2.75, 3.05) is 5.32 Å². The Morgan fingerprint density at radius 1 is 1.04 bits per heavy atom. The summed E-state index contributed by atoms with van der Waals surface area (Å²) in [6, 6.07) is 16.9. The van der Waals surface area contributed by atoms with Gasteiger partial charge in [-0.15, -0.1) is 0 Å². The molecule has 2 aromatic heterocycles. The van der Waals surface area contributed by atoms with Crippen molar-refractivity contribution in [3.05, 3.63) is 94.7 Å². The number of hydrogen-bond acceptors (Lipinski definition) is 3. The van der Waals surface area contributed by atoms with Gasteiger partial charge in [0.1, 0.15) is 5.56 Å². The molecule has 0 radical (unpaired) electrons. The predicted octanol–water partition coefficient (Wildman–Crippen LogP) is 4.15. The molecule has 132 valence electrons. The summed E-state index contributed by atoms with van der Waals surface area (Å²) in [5, 5.41) is 4.76. The number of aromatic amines is 1. The summed E-state index contributed by atoms with van der Waals surface area (Å²) in [5.41, 5.74) is 2.94. The quantitative estimate of drug-likeness (QED) is 0.580. The summed E-state index contributed by atoms with van der Waals surface area (Å²) in [5.74, 6) is -0.449. The summed E-state index contributed by atoms with van der Waals surface area (Å²) in [4.78, 5) is 31.8. The number of pyridine rings is 2. The Balaban J connectivity index is 1.74. The fourth-order valence-electron chi connectivity index (χ4n) is 2.99. The number of benzene rings is 2. The van der Waals surface area contributed by atoms with Crippen LogP contribution >= 0.6 is 0 Å². The third-order valence-corrected chi connectivity index (χ3v) is 4.44. The molecule has 4 aromatic rings. The Hall–Kier alpha value is -3.73. The van der Waals surface area contributed by atoms with Crippen molar-refractivity contribution in [1.82, 2.24) is 9.97 Å². The molecule has 4 rings (SSSR count). The second-order valence-electron chi connectivity index (χ2n) is 6.36. The van der Waals surface area contributed by atoms with E-state index in [9.17, 15) is 9.59 Å². The molecule has 1 amide bonds. The first kappa shape index (κ1) is 16.7. The zero-order valence-corrected chi connectivity index (χ0v) is 14.7. The first-order chi connectivity index (χ1) is 13.1. The topological polar surface area (TPSA) is 74.8 Å². The van der Waals surface area contributed by atoms with E-state index in [4.69, 9.17) is 0 Å². The van der Waals surface area contributed by atoms with Gasteiger partial charge in [-0.1, -0.05) is 42.0 Å². The lowest BCUT2D eigenvalue weighted by molar-refractivity contribution is 0.102. The standard InChI is InChI=1S/C22H17N3O2/c1-14-6-8-17(9-7-14)25-22(27)19-10-16(12-24-21(19)26)20-13-23-11-15-4-2-3-5-18(15)20/h2-13H,1H3,(H,24,26)(H,25,27).